The molecule has 0 spiro atoms. The highest BCUT2D eigenvalue weighted by Crippen LogP contribution is 2.39. The molecule has 0 aromatic carbocycles. The molecule has 3 aliphatic rings. The average molecular weight is 263 g/mol. The zero-order valence-corrected chi connectivity index (χ0v) is 10.4. The van der Waals surface area contributed by atoms with E-state index in [9.17, 15) is 13.2 Å². The van der Waals surface area contributed by atoms with Gasteiger partial charge >= 0.3 is 6.18 Å². The van der Waals surface area contributed by atoms with Crippen LogP contribution in [0.3, 0.4) is 0 Å². The highest BCUT2D eigenvalue weighted by Gasteiger charge is 2.45. The molecular weight excluding hydrogens is 243 g/mol. The van der Waals surface area contributed by atoms with Gasteiger partial charge in [0.2, 0.25) is 0 Å². The van der Waals surface area contributed by atoms with Crippen LogP contribution in [0.4, 0.5) is 13.2 Å². The Morgan fingerprint density at radius 1 is 1.00 bits per heavy atom. The lowest BCUT2D eigenvalue weighted by atomic mass is 9.84. The quantitative estimate of drug-likeness (QED) is 0.827. The van der Waals surface area contributed by atoms with Crippen LogP contribution in [0.25, 0.3) is 0 Å². The van der Waals surface area contributed by atoms with E-state index in [2.05, 4.69) is 5.32 Å². The maximum absolute atomic E-state index is 12.7. The van der Waals surface area contributed by atoms with Crippen LogP contribution in [-0.4, -0.2) is 30.5 Å². The molecule has 1 saturated carbocycles. The van der Waals surface area contributed by atoms with Gasteiger partial charge in [0.05, 0.1) is 18.1 Å². The van der Waals surface area contributed by atoms with Gasteiger partial charge in [-0.15, -0.1) is 0 Å². The third-order valence-corrected chi connectivity index (χ3v) is 4.69. The molecule has 0 radical (unpaired) electrons. The first-order valence-electron chi connectivity index (χ1n) is 7.00. The Labute approximate surface area is 105 Å². The number of halogens is 3. The van der Waals surface area contributed by atoms with E-state index in [1.807, 2.05) is 0 Å². The number of hydrogen-bond acceptors (Lipinski definition) is 2. The van der Waals surface area contributed by atoms with E-state index in [-0.39, 0.29) is 18.6 Å². The van der Waals surface area contributed by atoms with Gasteiger partial charge in [-0.2, -0.15) is 13.2 Å². The Kier molecular flexibility index (Phi) is 3.30. The van der Waals surface area contributed by atoms with Crippen molar-refractivity contribution < 1.29 is 17.9 Å². The highest BCUT2D eigenvalue weighted by molar-refractivity contribution is 4.96. The van der Waals surface area contributed by atoms with Crippen molar-refractivity contribution in [1.29, 1.82) is 0 Å². The number of fused-ring (bicyclic) bond motifs is 2. The molecule has 5 atom stereocenters. The lowest BCUT2D eigenvalue weighted by molar-refractivity contribution is -0.184. The third-order valence-electron chi connectivity index (χ3n) is 4.69. The molecule has 104 valence electrons. The van der Waals surface area contributed by atoms with E-state index >= 15 is 0 Å². The van der Waals surface area contributed by atoms with Crippen molar-refractivity contribution in [2.24, 2.45) is 5.92 Å². The Balaban J connectivity index is 1.54. The van der Waals surface area contributed by atoms with Crippen molar-refractivity contribution >= 4 is 0 Å². The van der Waals surface area contributed by atoms with Crippen molar-refractivity contribution in [3.63, 3.8) is 0 Å². The molecule has 0 aromatic heterocycles. The SMILES string of the molecule is FC(F)(F)[C@@H]1CCC[C@@H](N[C@@H]2C[C@H]3CC[C@@H]2O3)C1. The minimum atomic E-state index is -4.02. The average Bonchev–Trinajstić information content (AvgIpc) is 2.90. The summed E-state index contributed by atoms with van der Waals surface area (Å²) in [5.41, 5.74) is 0. The number of rotatable bonds is 2. The summed E-state index contributed by atoms with van der Waals surface area (Å²) in [5, 5.41) is 3.43. The fraction of sp³-hybridized carbons (Fsp3) is 1.00. The molecular formula is C13H20F3NO. The van der Waals surface area contributed by atoms with E-state index in [4.69, 9.17) is 4.74 Å². The lowest BCUT2D eigenvalue weighted by Gasteiger charge is -2.34. The van der Waals surface area contributed by atoms with Crippen molar-refractivity contribution in [2.45, 2.75) is 75.4 Å². The summed E-state index contributed by atoms with van der Waals surface area (Å²) >= 11 is 0. The van der Waals surface area contributed by atoms with Gasteiger partial charge in [-0.1, -0.05) is 6.42 Å². The van der Waals surface area contributed by atoms with Gasteiger partial charge in [-0.25, -0.2) is 0 Å². The molecule has 3 rings (SSSR count). The van der Waals surface area contributed by atoms with Gasteiger partial charge in [-0.3, -0.25) is 0 Å². The third kappa shape index (κ3) is 2.52. The fourth-order valence-corrected chi connectivity index (χ4v) is 3.75. The molecule has 0 aromatic rings. The van der Waals surface area contributed by atoms with Crippen molar-refractivity contribution in [2.75, 3.05) is 0 Å². The molecule has 5 heteroatoms. The fourth-order valence-electron chi connectivity index (χ4n) is 3.75. The molecule has 2 bridgehead atoms. The second kappa shape index (κ2) is 4.67. The zero-order chi connectivity index (χ0) is 12.8. The maximum Gasteiger partial charge on any atom is 0.391 e. The lowest BCUT2D eigenvalue weighted by Crippen LogP contribution is -2.47. The molecule has 3 fully saturated rings. The van der Waals surface area contributed by atoms with Crippen LogP contribution in [0.15, 0.2) is 0 Å². The number of alkyl halides is 3. The van der Waals surface area contributed by atoms with Crippen molar-refractivity contribution in [1.82, 2.24) is 5.32 Å². The molecule has 18 heavy (non-hydrogen) atoms. The van der Waals surface area contributed by atoms with Crippen LogP contribution in [-0.2, 0) is 4.74 Å². The van der Waals surface area contributed by atoms with Gasteiger partial charge in [0.25, 0.3) is 0 Å². The molecule has 2 nitrogen and oxygen atoms in total. The molecule has 1 N–H and O–H groups in total. The van der Waals surface area contributed by atoms with Crippen LogP contribution < -0.4 is 5.32 Å². The summed E-state index contributed by atoms with van der Waals surface area (Å²) in [4.78, 5) is 0. The number of nitrogens with one attached hydrogen (secondary N) is 1. The first kappa shape index (κ1) is 12.7. The minimum absolute atomic E-state index is 0.0262. The Hall–Kier alpha value is -0.290. The van der Waals surface area contributed by atoms with E-state index in [1.165, 1.54) is 0 Å². The second-order valence-electron chi connectivity index (χ2n) is 5.98. The smallest absolute Gasteiger partial charge is 0.373 e. The van der Waals surface area contributed by atoms with E-state index < -0.39 is 12.1 Å². The van der Waals surface area contributed by atoms with Gasteiger partial charge < -0.3 is 10.1 Å². The van der Waals surface area contributed by atoms with Gasteiger partial charge in [0.1, 0.15) is 0 Å². The predicted octanol–water partition coefficient (Wildman–Crippen LogP) is 3.02. The largest absolute Gasteiger partial charge is 0.391 e. The first-order valence-corrected chi connectivity index (χ1v) is 7.00. The highest BCUT2D eigenvalue weighted by atomic mass is 19.4. The van der Waals surface area contributed by atoms with Crippen molar-refractivity contribution in [3.8, 4) is 0 Å². The standard InChI is InChI=1S/C13H20F3NO/c14-13(15,16)8-2-1-3-9(6-8)17-11-7-10-4-5-12(11)18-10/h8-12,17H,1-7H2/t8-,9-,10-,11-,12+/m1/s1. The molecule has 1 aliphatic carbocycles. The van der Waals surface area contributed by atoms with Crippen LogP contribution in [0.1, 0.15) is 44.9 Å². The predicted molar refractivity (Wildman–Crippen MR) is 61.2 cm³/mol. The molecule has 2 heterocycles. The summed E-state index contributed by atoms with van der Waals surface area (Å²) in [5.74, 6) is -1.11. The molecule has 0 unspecified atom stereocenters. The van der Waals surface area contributed by atoms with Crippen molar-refractivity contribution in [3.05, 3.63) is 0 Å². The first-order chi connectivity index (χ1) is 8.52. The number of hydrogen-bond donors (Lipinski definition) is 1. The number of ether oxygens (including phenoxy) is 1. The monoisotopic (exact) mass is 263 g/mol. The normalized spacial score (nSPS) is 44.5. The maximum atomic E-state index is 12.7. The Bertz CT molecular complexity index is 307. The van der Waals surface area contributed by atoms with Gasteiger partial charge in [-0.05, 0) is 38.5 Å². The topological polar surface area (TPSA) is 21.3 Å². The van der Waals surface area contributed by atoms with Gasteiger partial charge in [0.15, 0.2) is 0 Å². The van der Waals surface area contributed by atoms with Crippen LogP contribution in [0, 0.1) is 5.92 Å². The molecule has 2 aliphatic heterocycles. The van der Waals surface area contributed by atoms with Gasteiger partial charge in [0, 0.05) is 12.1 Å². The zero-order valence-electron chi connectivity index (χ0n) is 10.4. The summed E-state index contributed by atoms with van der Waals surface area (Å²) in [7, 11) is 0. The Morgan fingerprint density at radius 3 is 2.44 bits per heavy atom. The molecule has 0 amide bonds. The van der Waals surface area contributed by atoms with Crippen LogP contribution in [0.2, 0.25) is 0 Å². The van der Waals surface area contributed by atoms with E-state index in [1.54, 1.807) is 0 Å². The van der Waals surface area contributed by atoms with E-state index in [0.717, 1.165) is 25.7 Å². The van der Waals surface area contributed by atoms with Crippen LogP contribution >= 0.6 is 0 Å². The summed E-state index contributed by atoms with van der Waals surface area (Å²) in [6.07, 6.45) is 1.87. The minimum Gasteiger partial charge on any atom is -0.373 e. The molecule has 2 saturated heterocycles. The summed E-state index contributed by atoms with van der Waals surface area (Å²) in [6, 6.07) is 0.319. The van der Waals surface area contributed by atoms with Crippen LogP contribution in [0.5, 0.6) is 0 Å². The Morgan fingerprint density at radius 2 is 1.83 bits per heavy atom. The summed E-state index contributed by atoms with van der Waals surface area (Å²) < 4.78 is 43.9. The second-order valence-corrected chi connectivity index (χ2v) is 5.98. The summed E-state index contributed by atoms with van der Waals surface area (Å²) in [6.45, 7) is 0. The van der Waals surface area contributed by atoms with E-state index in [0.29, 0.717) is 25.0 Å².